The molecule has 1 aliphatic carbocycles. The van der Waals surface area contributed by atoms with Gasteiger partial charge in [-0.15, -0.1) is 10.2 Å². The van der Waals surface area contributed by atoms with Crippen molar-refractivity contribution >= 4 is 33.8 Å². The zero-order chi connectivity index (χ0) is 18.4. The zero-order valence-electron chi connectivity index (χ0n) is 13.2. The molecule has 0 saturated heterocycles. The van der Waals surface area contributed by atoms with Crippen LogP contribution in [0.5, 0.6) is 0 Å². The topological polar surface area (TPSA) is 127 Å². The first kappa shape index (κ1) is 16.3. The van der Waals surface area contributed by atoms with E-state index in [2.05, 4.69) is 10.2 Å². The van der Waals surface area contributed by atoms with Crippen LogP contribution >= 0.6 is 11.3 Å². The first-order valence-electron chi connectivity index (χ1n) is 7.80. The van der Waals surface area contributed by atoms with Gasteiger partial charge in [0.25, 0.3) is 11.6 Å². The monoisotopic (exact) mass is 372 g/mol. The maximum atomic E-state index is 12.7. The number of nitro benzene ring substituents is 1. The molecule has 1 amide bonds. The molecule has 0 bridgehead atoms. The van der Waals surface area contributed by atoms with Crippen LogP contribution in [-0.2, 0) is 9.59 Å². The highest BCUT2D eigenvalue weighted by atomic mass is 32.1. The van der Waals surface area contributed by atoms with Crippen LogP contribution in [0.2, 0.25) is 0 Å². The van der Waals surface area contributed by atoms with E-state index in [1.54, 1.807) is 0 Å². The lowest BCUT2D eigenvalue weighted by Crippen LogP contribution is -2.31. The summed E-state index contributed by atoms with van der Waals surface area (Å²) in [7, 11) is 0. The van der Waals surface area contributed by atoms with Gasteiger partial charge in [-0.3, -0.25) is 24.6 Å². The molecular formula is C16H12N4O5S. The van der Waals surface area contributed by atoms with Crippen molar-refractivity contribution in [2.45, 2.75) is 18.9 Å². The molecule has 9 nitrogen and oxygen atoms in total. The van der Waals surface area contributed by atoms with Crippen molar-refractivity contribution in [3.8, 4) is 0 Å². The van der Waals surface area contributed by atoms with Gasteiger partial charge in [0.15, 0.2) is 11.5 Å². The number of amides is 1. The molecule has 1 aliphatic heterocycles. The first-order valence-corrected chi connectivity index (χ1v) is 8.68. The normalized spacial score (nSPS) is 19.9. The number of aromatic nitrogens is 2. The average Bonchev–Trinajstić information content (AvgIpc) is 3.29. The van der Waals surface area contributed by atoms with Crippen LogP contribution in [-0.4, -0.2) is 31.9 Å². The number of carbonyl (C=O) groups is 2. The highest BCUT2D eigenvalue weighted by Gasteiger charge is 2.48. The van der Waals surface area contributed by atoms with Crippen LogP contribution in [0.25, 0.3) is 0 Å². The van der Waals surface area contributed by atoms with Gasteiger partial charge in [0, 0.05) is 18.1 Å². The Hall–Kier alpha value is -3.14. The fraction of sp³-hybridized carbons (Fsp3) is 0.250. The molecule has 1 aromatic carbocycles. The summed E-state index contributed by atoms with van der Waals surface area (Å²) in [4.78, 5) is 36.9. The van der Waals surface area contributed by atoms with Gasteiger partial charge in [-0.05, 0) is 30.5 Å². The van der Waals surface area contributed by atoms with Crippen LogP contribution in [0.1, 0.15) is 24.4 Å². The number of anilines is 1. The highest BCUT2D eigenvalue weighted by molar-refractivity contribution is 7.13. The molecule has 1 N–H and O–H groups in total. The second-order valence-electron chi connectivity index (χ2n) is 6.05. The van der Waals surface area contributed by atoms with Crippen molar-refractivity contribution in [2.24, 2.45) is 5.92 Å². The fourth-order valence-electron chi connectivity index (χ4n) is 2.99. The van der Waals surface area contributed by atoms with Crippen LogP contribution < -0.4 is 4.90 Å². The minimum absolute atomic E-state index is 0.0153. The number of Topliss-reactive ketones (excluding diaryl/α,β-unsaturated/α-hetero) is 1. The van der Waals surface area contributed by atoms with Crippen molar-refractivity contribution in [3.05, 3.63) is 56.8 Å². The Labute approximate surface area is 150 Å². The summed E-state index contributed by atoms with van der Waals surface area (Å²) >= 11 is 1.10. The van der Waals surface area contributed by atoms with Crippen LogP contribution in [0, 0.1) is 16.0 Å². The third kappa shape index (κ3) is 2.54. The van der Waals surface area contributed by atoms with Gasteiger partial charge in [0.1, 0.15) is 5.51 Å². The summed E-state index contributed by atoms with van der Waals surface area (Å²) < 4.78 is 0. The first-order chi connectivity index (χ1) is 12.5. The van der Waals surface area contributed by atoms with Gasteiger partial charge in [0.2, 0.25) is 5.13 Å². The lowest BCUT2D eigenvalue weighted by atomic mass is 9.94. The molecule has 2 aromatic rings. The number of hydrogen-bond acceptors (Lipinski definition) is 8. The van der Waals surface area contributed by atoms with E-state index in [9.17, 15) is 24.8 Å². The summed E-state index contributed by atoms with van der Waals surface area (Å²) in [5, 5.41) is 29.1. The standard InChI is InChI=1S/C16H12N4O5S/c21-13(9-1-2-9)11-12(8-3-5-10(6-4-8)20(24)25)19(15(23)14(11)22)16-18-17-7-26-16/h3-7,9,12,22H,1-2H2. The second-order valence-corrected chi connectivity index (χ2v) is 6.86. The van der Waals surface area contributed by atoms with Gasteiger partial charge in [-0.25, -0.2) is 0 Å². The van der Waals surface area contributed by atoms with E-state index < -0.39 is 22.6 Å². The van der Waals surface area contributed by atoms with Gasteiger partial charge in [-0.1, -0.05) is 11.3 Å². The molecule has 2 aliphatic rings. The number of carbonyl (C=O) groups excluding carboxylic acids is 2. The Bertz CT molecular complexity index is 934. The molecule has 132 valence electrons. The Morgan fingerprint density at radius 1 is 1.31 bits per heavy atom. The van der Waals surface area contributed by atoms with Crippen LogP contribution in [0.15, 0.2) is 41.1 Å². The van der Waals surface area contributed by atoms with Gasteiger partial charge >= 0.3 is 0 Å². The van der Waals surface area contributed by atoms with Gasteiger partial charge in [0.05, 0.1) is 16.5 Å². The predicted octanol–water partition coefficient (Wildman–Crippen LogP) is 2.33. The molecule has 4 rings (SSSR count). The SMILES string of the molecule is O=C(C1=C(O)C(=O)N(c2nncs2)C1c1ccc([N+](=O)[O-])cc1)C1CC1. The lowest BCUT2D eigenvalue weighted by molar-refractivity contribution is -0.384. The van der Waals surface area contributed by atoms with E-state index in [0.29, 0.717) is 5.56 Å². The smallest absolute Gasteiger partial charge is 0.296 e. The number of non-ortho nitro benzene ring substituents is 1. The Morgan fingerprint density at radius 3 is 2.54 bits per heavy atom. The van der Waals surface area contributed by atoms with Crippen molar-refractivity contribution in [2.75, 3.05) is 4.90 Å². The average molecular weight is 372 g/mol. The van der Waals surface area contributed by atoms with E-state index in [-0.39, 0.29) is 28.1 Å². The number of aliphatic hydroxyl groups excluding tert-OH is 1. The fourth-order valence-corrected chi connectivity index (χ4v) is 3.57. The molecule has 1 saturated carbocycles. The van der Waals surface area contributed by atoms with Crippen LogP contribution in [0.4, 0.5) is 10.8 Å². The van der Waals surface area contributed by atoms with Crippen LogP contribution in [0.3, 0.4) is 0 Å². The molecule has 1 aromatic heterocycles. The Kier molecular flexibility index (Phi) is 3.76. The molecule has 26 heavy (non-hydrogen) atoms. The van der Waals surface area contributed by atoms with E-state index in [0.717, 1.165) is 24.2 Å². The molecule has 10 heteroatoms. The number of benzene rings is 1. The number of ketones is 1. The largest absolute Gasteiger partial charge is 0.503 e. The Morgan fingerprint density at radius 2 is 2.00 bits per heavy atom. The third-order valence-corrected chi connectivity index (χ3v) is 5.08. The molecule has 2 heterocycles. The highest BCUT2D eigenvalue weighted by Crippen LogP contribution is 2.45. The molecule has 0 radical (unpaired) electrons. The summed E-state index contributed by atoms with van der Waals surface area (Å²) in [6.07, 6.45) is 1.44. The summed E-state index contributed by atoms with van der Waals surface area (Å²) in [6.45, 7) is 0. The summed E-state index contributed by atoms with van der Waals surface area (Å²) in [5.74, 6) is -1.80. The van der Waals surface area contributed by atoms with Crippen molar-refractivity contribution in [3.63, 3.8) is 0 Å². The lowest BCUT2D eigenvalue weighted by Gasteiger charge is -2.24. The zero-order valence-corrected chi connectivity index (χ0v) is 14.0. The number of nitro groups is 1. The number of rotatable bonds is 5. The molecule has 1 unspecified atom stereocenters. The number of nitrogens with zero attached hydrogens (tertiary/aromatic N) is 4. The van der Waals surface area contributed by atoms with E-state index in [1.807, 2.05) is 0 Å². The summed E-state index contributed by atoms with van der Waals surface area (Å²) in [6, 6.07) is 4.66. The Balaban J connectivity index is 1.82. The minimum atomic E-state index is -0.885. The van der Waals surface area contributed by atoms with Crippen molar-refractivity contribution in [1.82, 2.24) is 10.2 Å². The van der Waals surface area contributed by atoms with Gasteiger partial charge < -0.3 is 5.11 Å². The maximum absolute atomic E-state index is 12.7. The van der Waals surface area contributed by atoms with E-state index in [1.165, 1.54) is 34.7 Å². The predicted molar refractivity (Wildman–Crippen MR) is 90.6 cm³/mol. The molecule has 1 atom stereocenters. The quantitative estimate of drug-likeness (QED) is 0.630. The van der Waals surface area contributed by atoms with E-state index >= 15 is 0 Å². The molecule has 1 fully saturated rings. The molecule has 0 spiro atoms. The maximum Gasteiger partial charge on any atom is 0.296 e. The molecular weight excluding hydrogens is 360 g/mol. The third-order valence-electron chi connectivity index (χ3n) is 4.40. The van der Waals surface area contributed by atoms with Crippen molar-refractivity contribution in [1.29, 1.82) is 0 Å². The van der Waals surface area contributed by atoms with E-state index in [4.69, 9.17) is 0 Å². The number of aliphatic hydroxyl groups is 1. The van der Waals surface area contributed by atoms with Gasteiger partial charge in [-0.2, -0.15) is 0 Å². The van der Waals surface area contributed by atoms with Crippen molar-refractivity contribution < 1.29 is 19.6 Å². The number of hydrogen-bond donors (Lipinski definition) is 1. The summed E-state index contributed by atoms with van der Waals surface area (Å²) in [5.41, 5.74) is 1.82. The second kappa shape index (κ2) is 5.99. The minimum Gasteiger partial charge on any atom is -0.503 e.